The molecule has 0 saturated carbocycles. The number of pyridine rings is 1. The molecule has 0 spiro atoms. The predicted molar refractivity (Wildman–Crippen MR) is 149 cm³/mol. The fraction of sp³-hybridized carbons (Fsp3) is 0.333. The van der Waals surface area contributed by atoms with E-state index in [-0.39, 0.29) is 59.7 Å². The molecule has 0 aliphatic carbocycles. The van der Waals surface area contributed by atoms with Gasteiger partial charge in [0, 0.05) is 31.0 Å². The molecule has 2 fully saturated rings. The Morgan fingerprint density at radius 1 is 1.19 bits per heavy atom. The molecule has 3 atom stereocenters. The largest absolute Gasteiger partial charge is 0.477 e. The number of piperazine rings is 1. The minimum Gasteiger partial charge on any atom is -0.477 e. The van der Waals surface area contributed by atoms with Gasteiger partial charge in [-0.15, -0.1) is 6.42 Å². The highest BCUT2D eigenvalue weighted by Crippen LogP contribution is 2.45. The third-order valence-electron chi connectivity index (χ3n) is 8.40. The Labute approximate surface area is 238 Å². The number of methoxy groups -OCH3 is 1. The van der Waals surface area contributed by atoms with Crippen molar-refractivity contribution >= 4 is 33.6 Å². The molecule has 4 aromatic rings. The average molecular weight is 574 g/mol. The molecule has 2 aromatic carbocycles. The molecule has 1 amide bonds. The van der Waals surface area contributed by atoms with Crippen molar-refractivity contribution in [3.05, 3.63) is 47.8 Å². The molecule has 2 aromatic heterocycles. The van der Waals surface area contributed by atoms with Gasteiger partial charge in [0.1, 0.15) is 40.3 Å². The van der Waals surface area contributed by atoms with Crippen molar-refractivity contribution in [1.29, 1.82) is 0 Å². The molecular formula is C30H25F2N5O5. The summed E-state index contributed by atoms with van der Waals surface area (Å²) < 4.78 is 48.3. The van der Waals surface area contributed by atoms with Gasteiger partial charge in [-0.25, -0.2) is 28.5 Å². The van der Waals surface area contributed by atoms with E-state index in [2.05, 4.69) is 25.8 Å². The lowest BCUT2D eigenvalue weighted by molar-refractivity contribution is 0.0512. The molecule has 5 heterocycles. The number of aromatic nitrogens is 3. The molecule has 2 bridgehead atoms. The van der Waals surface area contributed by atoms with Crippen LogP contribution in [0.5, 0.6) is 11.6 Å². The second-order valence-electron chi connectivity index (χ2n) is 10.5. The molecule has 1 N–H and O–H groups in total. The highest BCUT2D eigenvalue weighted by molar-refractivity contribution is 6.04. The van der Waals surface area contributed by atoms with E-state index < -0.39 is 17.7 Å². The summed E-state index contributed by atoms with van der Waals surface area (Å²) in [4.78, 5) is 29.1. The lowest BCUT2D eigenvalue weighted by atomic mass is 9.95. The van der Waals surface area contributed by atoms with Gasteiger partial charge in [0.05, 0.1) is 30.3 Å². The van der Waals surface area contributed by atoms with Gasteiger partial charge in [-0.1, -0.05) is 12.0 Å². The van der Waals surface area contributed by atoms with E-state index in [1.807, 2.05) is 0 Å². The first-order valence-electron chi connectivity index (χ1n) is 13.5. The highest BCUT2D eigenvalue weighted by Gasteiger charge is 2.49. The minimum absolute atomic E-state index is 0.0244. The van der Waals surface area contributed by atoms with Crippen LogP contribution in [0.15, 0.2) is 30.6 Å². The molecule has 3 unspecified atom stereocenters. The summed E-state index contributed by atoms with van der Waals surface area (Å²) in [5, 5.41) is 11.0. The Hall–Kier alpha value is -4.76. The molecule has 214 valence electrons. The Morgan fingerprint density at radius 2 is 2.05 bits per heavy atom. The average Bonchev–Trinajstić information content (AvgIpc) is 3.32. The van der Waals surface area contributed by atoms with Crippen molar-refractivity contribution in [3.63, 3.8) is 0 Å². The van der Waals surface area contributed by atoms with E-state index in [0.717, 1.165) is 12.8 Å². The fourth-order valence-corrected chi connectivity index (χ4v) is 6.72. The smallest absolute Gasteiger partial charge is 0.407 e. The lowest BCUT2D eigenvalue weighted by Crippen LogP contribution is -2.62. The van der Waals surface area contributed by atoms with Crippen LogP contribution in [0.2, 0.25) is 0 Å². The quantitative estimate of drug-likeness (QED) is 0.277. The standard InChI is InChI=1S/C30H25F2N5O5/c1-3-18-20(31)6-4-15-10-17(42-14-40-2)11-19(23(15)18)26-25(32)27-24-28(34-13-33-27)36-12-16-5-7-22(37(16)30(38)39)21(36)8-9-41-29(24)35-26/h1,4,6,10-11,13,16,21-22H,5,7-9,12,14H2,2H3,(H,38,39). The maximum atomic E-state index is 16.6. The molecule has 10 nitrogen and oxygen atoms in total. The first-order valence-corrected chi connectivity index (χ1v) is 13.5. The zero-order valence-electron chi connectivity index (χ0n) is 22.5. The second-order valence-corrected chi connectivity index (χ2v) is 10.5. The van der Waals surface area contributed by atoms with Crippen LogP contribution in [0.4, 0.5) is 19.4 Å². The van der Waals surface area contributed by atoms with E-state index in [4.69, 9.17) is 20.6 Å². The van der Waals surface area contributed by atoms with Gasteiger partial charge in [-0.2, -0.15) is 0 Å². The lowest BCUT2D eigenvalue weighted by Gasteiger charge is -2.47. The van der Waals surface area contributed by atoms with Crippen LogP contribution < -0.4 is 14.4 Å². The number of hydrogen-bond donors (Lipinski definition) is 1. The van der Waals surface area contributed by atoms with Crippen molar-refractivity contribution < 1.29 is 32.9 Å². The van der Waals surface area contributed by atoms with Crippen LogP contribution in [0.3, 0.4) is 0 Å². The summed E-state index contributed by atoms with van der Waals surface area (Å²) in [5.74, 6) is 1.91. The van der Waals surface area contributed by atoms with Crippen molar-refractivity contribution in [2.24, 2.45) is 0 Å². The van der Waals surface area contributed by atoms with Gasteiger partial charge in [0.25, 0.3) is 0 Å². The number of ether oxygens (including phenoxy) is 3. The number of terminal acetylenes is 1. The molecule has 7 rings (SSSR count). The van der Waals surface area contributed by atoms with Gasteiger partial charge in [0.2, 0.25) is 5.88 Å². The van der Waals surface area contributed by atoms with Gasteiger partial charge in [0.15, 0.2) is 12.6 Å². The highest BCUT2D eigenvalue weighted by atomic mass is 19.1. The number of hydrogen-bond acceptors (Lipinski definition) is 8. The van der Waals surface area contributed by atoms with Crippen LogP contribution in [0.1, 0.15) is 24.8 Å². The van der Waals surface area contributed by atoms with Crippen LogP contribution in [0.25, 0.3) is 32.9 Å². The van der Waals surface area contributed by atoms with Crippen molar-refractivity contribution in [2.45, 2.75) is 37.4 Å². The minimum atomic E-state index is -0.942. The number of benzene rings is 2. The first-order chi connectivity index (χ1) is 20.4. The van der Waals surface area contributed by atoms with E-state index in [9.17, 15) is 14.3 Å². The number of nitrogens with zero attached hydrogens (tertiary/aromatic N) is 5. The number of rotatable bonds is 4. The van der Waals surface area contributed by atoms with Gasteiger partial charge >= 0.3 is 6.09 Å². The zero-order chi connectivity index (χ0) is 29.1. The number of halogens is 2. The van der Waals surface area contributed by atoms with E-state index >= 15 is 4.39 Å². The third-order valence-corrected chi connectivity index (χ3v) is 8.40. The van der Waals surface area contributed by atoms with E-state index in [1.54, 1.807) is 6.07 Å². The molecule has 12 heteroatoms. The molecule has 3 aliphatic rings. The summed E-state index contributed by atoms with van der Waals surface area (Å²) in [6.07, 6.45) is 8.02. The van der Waals surface area contributed by atoms with E-state index in [1.165, 1.54) is 36.5 Å². The van der Waals surface area contributed by atoms with Crippen LogP contribution in [-0.2, 0) is 4.74 Å². The predicted octanol–water partition coefficient (Wildman–Crippen LogP) is 4.57. The van der Waals surface area contributed by atoms with Crippen LogP contribution >= 0.6 is 0 Å². The zero-order valence-corrected chi connectivity index (χ0v) is 22.5. The molecule has 42 heavy (non-hydrogen) atoms. The fourth-order valence-electron chi connectivity index (χ4n) is 6.72. The molecular weight excluding hydrogens is 548 g/mol. The van der Waals surface area contributed by atoms with Crippen molar-refractivity contribution in [3.8, 4) is 35.2 Å². The summed E-state index contributed by atoms with van der Waals surface area (Å²) in [6, 6.07) is 5.36. The molecule has 3 aliphatic heterocycles. The molecule has 0 radical (unpaired) electrons. The summed E-state index contributed by atoms with van der Waals surface area (Å²) >= 11 is 0. The summed E-state index contributed by atoms with van der Waals surface area (Å²) in [7, 11) is 1.47. The van der Waals surface area contributed by atoms with Gasteiger partial charge in [-0.05, 0) is 36.4 Å². The Morgan fingerprint density at radius 3 is 2.83 bits per heavy atom. The number of anilines is 1. The topological polar surface area (TPSA) is 110 Å². The van der Waals surface area contributed by atoms with Crippen LogP contribution in [-0.4, -0.2) is 76.2 Å². The summed E-state index contributed by atoms with van der Waals surface area (Å²) in [5.41, 5.74) is 0.0101. The van der Waals surface area contributed by atoms with Crippen LogP contribution in [0, 0.1) is 24.0 Å². The number of amides is 1. The first kappa shape index (κ1) is 26.2. The molecule has 2 saturated heterocycles. The maximum absolute atomic E-state index is 16.6. The Balaban J connectivity index is 1.45. The monoisotopic (exact) mass is 573 g/mol. The second kappa shape index (κ2) is 9.95. The van der Waals surface area contributed by atoms with Crippen molar-refractivity contribution in [2.75, 3.05) is 32.0 Å². The maximum Gasteiger partial charge on any atom is 0.407 e. The number of carboxylic acid groups (broad SMARTS) is 1. The number of carbonyl (C=O) groups is 1. The third kappa shape index (κ3) is 3.88. The number of fused-ring (bicyclic) bond motifs is 6. The Kier molecular flexibility index (Phi) is 6.20. The Bertz CT molecular complexity index is 1810. The normalized spacial score (nSPS) is 21.0. The van der Waals surface area contributed by atoms with Gasteiger partial charge in [-0.3, -0.25) is 4.90 Å². The van der Waals surface area contributed by atoms with Gasteiger partial charge < -0.3 is 24.2 Å². The van der Waals surface area contributed by atoms with Crippen molar-refractivity contribution in [1.82, 2.24) is 19.9 Å². The SMILES string of the molecule is C#Cc1c(F)ccc2cc(OCOC)cc(-c3nc4c5c(ncnc5c3F)N3CC5CCC(C3CCO4)N5C(=O)O)c12. The summed E-state index contributed by atoms with van der Waals surface area (Å²) in [6.45, 7) is 0.557. The van der Waals surface area contributed by atoms with E-state index in [0.29, 0.717) is 40.7 Å².